The SMILES string of the molecule is CC.CCCN(CCC)C(=O)c1cccc(-c2nnc([C@](C)(N)Cc3ccccc3)o2)c1.CNC.CS. The molecule has 0 aliphatic heterocycles. The number of benzene rings is 2. The van der Waals surface area contributed by atoms with Crippen molar-refractivity contribution in [2.45, 2.75) is 59.4 Å². The second-order valence-electron chi connectivity index (χ2n) is 8.37. The number of rotatable bonds is 9. The molecule has 0 radical (unpaired) electrons. The lowest BCUT2D eigenvalue weighted by atomic mass is 9.94. The first kappa shape index (κ1) is 34.3. The van der Waals surface area contributed by atoms with Crippen molar-refractivity contribution in [3.8, 4) is 11.5 Å². The number of nitrogens with one attached hydrogen (secondary N) is 1. The standard InChI is InChI=1S/C24H30N4O2.C2H7N.C2H6.CH4S/c1-4-14-28(15-5-2)22(29)20-13-9-12-19(16-20)21-26-27-23(30-21)24(3,25)17-18-10-7-6-8-11-18;1-3-2;2*1-2/h6-13,16H,4-5,14-15,17,25H2,1-3H3;3H,1-2H3;1-2H3;2H,1H3/t24-;;;/m1.../s1. The van der Waals surface area contributed by atoms with Crippen LogP contribution in [0.2, 0.25) is 0 Å². The molecule has 0 aliphatic rings. The first-order valence-electron chi connectivity index (χ1n) is 13.0. The molecule has 206 valence electrons. The zero-order valence-electron chi connectivity index (χ0n) is 23.9. The molecule has 8 heteroatoms. The summed E-state index contributed by atoms with van der Waals surface area (Å²) >= 11 is 3.53. The lowest BCUT2D eigenvalue weighted by molar-refractivity contribution is 0.0755. The Hall–Kier alpha value is -2.68. The number of carbonyl (C=O) groups is 1. The van der Waals surface area contributed by atoms with E-state index in [1.165, 1.54) is 0 Å². The maximum atomic E-state index is 12.9. The van der Waals surface area contributed by atoms with Crippen LogP contribution in [-0.4, -0.2) is 54.4 Å². The number of carbonyl (C=O) groups excluding carboxylic acids is 1. The van der Waals surface area contributed by atoms with Gasteiger partial charge in [0.2, 0.25) is 11.8 Å². The quantitative estimate of drug-likeness (QED) is 0.302. The Bertz CT molecular complexity index is 987. The van der Waals surface area contributed by atoms with Crippen LogP contribution in [0.3, 0.4) is 0 Å². The van der Waals surface area contributed by atoms with E-state index in [-0.39, 0.29) is 5.91 Å². The van der Waals surface area contributed by atoms with E-state index in [0.717, 1.165) is 31.5 Å². The first-order valence-corrected chi connectivity index (χ1v) is 13.8. The van der Waals surface area contributed by atoms with Crippen molar-refractivity contribution in [1.82, 2.24) is 20.4 Å². The Morgan fingerprint density at radius 1 is 1.00 bits per heavy atom. The highest BCUT2D eigenvalue weighted by Gasteiger charge is 2.29. The van der Waals surface area contributed by atoms with Gasteiger partial charge in [0.15, 0.2) is 0 Å². The average Bonchev–Trinajstić information content (AvgIpc) is 3.43. The van der Waals surface area contributed by atoms with E-state index < -0.39 is 5.54 Å². The van der Waals surface area contributed by atoms with Crippen LogP contribution in [0, 0.1) is 0 Å². The Labute approximate surface area is 229 Å². The van der Waals surface area contributed by atoms with Crippen molar-refractivity contribution in [3.63, 3.8) is 0 Å². The predicted octanol–water partition coefficient (Wildman–Crippen LogP) is 5.82. The smallest absolute Gasteiger partial charge is 0.253 e. The number of nitrogens with two attached hydrogens (primary N) is 1. The molecule has 1 aromatic heterocycles. The van der Waals surface area contributed by atoms with Gasteiger partial charge in [-0.3, -0.25) is 4.79 Å². The van der Waals surface area contributed by atoms with Crippen molar-refractivity contribution >= 4 is 18.5 Å². The van der Waals surface area contributed by atoms with Crippen molar-refractivity contribution in [2.24, 2.45) is 5.73 Å². The zero-order valence-corrected chi connectivity index (χ0v) is 24.8. The highest BCUT2D eigenvalue weighted by atomic mass is 32.1. The Kier molecular flexibility index (Phi) is 18.0. The van der Waals surface area contributed by atoms with Crippen LogP contribution in [0.4, 0.5) is 0 Å². The highest BCUT2D eigenvalue weighted by molar-refractivity contribution is 7.79. The number of amides is 1. The molecule has 1 amide bonds. The maximum absolute atomic E-state index is 12.9. The Morgan fingerprint density at radius 2 is 1.57 bits per heavy atom. The monoisotopic (exact) mass is 529 g/mol. The third-order valence-electron chi connectivity index (χ3n) is 4.96. The molecule has 3 N–H and O–H groups in total. The fourth-order valence-electron chi connectivity index (χ4n) is 3.49. The van der Waals surface area contributed by atoms with Crippen molar-refractivity contribution < 1.29 is 9.21 Å². The molecular weight excluding hydrogens is 482 g/mol. The summed E-state index contributed by atoms with van der Waals surface area (Å²) in [6.07, 6.45) is 4.13. The minimum atomic E-state index is -0.793. The van der Waals surface area contributed by atoms with Crippen molar-refractivity contribution in [3.05, 3.63) is 71.6 Å². The molecule has 0 bridgehead atoms. The van der Waals surface area contributed by atoms with Crippen LogP contribution in [0.25, 0.3) is 11.5 Å². The number of nitrogens with zero attached hydrogens (tertiary/aromatic N) is 3. The van der Waals surface area contributed by atoms with Crippen LogP contribution < -0.4 is 11.1 Å². The number of hydrogen-bond donors (Lipinski definition) is 3. The van der Waals surface area contributed by atoms with E-state index >= 15 is 0 Å². The molecule has 1 heterocycles. The summed E-state index contributed by atoms with van der Waals surface area (Å²) in [6, 6.07) is 17.3. The van der Waals surface area contributed by atoms with Crippen LogP contribution >= 0.6 is 12.6 Å². The van der Waals surface area contributed by atoms with Gasteiger partial charge in [0.1, 0.15) is 0 Å². The Morgan fingerprint density at radius 3 is 2.11 bits per heavy atom. The third-order valence-corrected chi connectivity index (χ3v) is 4.96. The topological polar surface area (TPSA) is 97.3 Å². The van der Waals surface area contributed by atoms with E-state index in [9.17, 15) is 4.79 Å². The van der Waals surface area contributed by atoms with Gasteiger partial charge in [0.05, 0.1) is 5.54 Å². The first-order chi connectivity index (χ1) is 17.9. The summed E-state index contributed by atoms with van der Waals surface area (Å²) < 4.78 is 5.92. The van der Waals surface area contributed by atoms with Gasteiger partial charge < -0.3 is 20.4 Å². The normalized spacial score (nSPS) is 11.4. The van der Waals surface area contributed by atoms with Gasteiger partial charge >= 0.3 is 0 Å². The second-order valence-corrected chi connectivity index (χ2v) is 8.37. The van der Waals surface area contributed by atoms with E-state index in [1.54, 1.807) is 6.26 Å². The molecule has 3 rings (SSSR count). The molecule has 0 saturated carbocycles. The molecule has 37 heavy (non-hydrogen) atoms. The molecule has 7 nitrogen and oxygen atoms in total. The van der Waals surface area contributed by atoms with Gasteiger partial charge in [-0.1, -0.05) is 64.1 Å². The predicted molar refractivity (Wildman–Crippen MR) is 159 cm³/mol. The molecule has 3 aromatic rings. The van der Waals surface area contributed by atoms with Gasteiger partial charge in [0, 0.05) is 24.2 Å². The average molecular weight is 530 g/mol. The fraction of sp³-hybridized carbons (Fsp3) is 0.483. The second kappa shape index (κ2) is 19.4. The van der Waals surface area contributed by atoms with Crippen molar-refractivity contribution in [1.29, 1.82) is 0 Å². The number of hydrogen-bond acceptors (Lipinski definition) is 7. The van der Waals surface area contributed by atoms with Crippen LogP contribution in [0.1, 0.15) is 69.3 Å². The minimum absolute atomic E-state index is 0.0213. The summed E-state index contributed by atoms with van der Waals surface area (Å²) in [6.45, 7) is 11.5. The molecule has 2 aromatic carbocycles. The van der Waals surface area contributed by atoms with Crippen LogP contribution in [0.5, 0.6) is 0 Å². The Balaban J connectivity index is 0.00000169. The summed E-state index contributed by atoms with van der Waals surface area (Å²) in [5, 5.41) is 11.1. The van der Waals surface area contributed by atoms with Gasteiger partial charge in [0.25, 0.3) is 5.91 Å². The third kappa shape index (κ3) is 11.5. The van der Waals surface area contributed by atoms with Crippen LogP contribution in [0.15, 0.2) is 59.0 Å². The summed E-state index contributed by atoms with van der Waals surface area (Å²) in [5.41, 5.74) is 8.13. The summed E-state index contributed by atoms with van der Waals surface area (Å²) in [4.78, 5) is 14.8. The lowest BCUT2D eigenvalue weighted by Gasteiger charge is -2.21. The largest absolute Gasteiger partial charge is 0.419 e. The fourth-order valence-corrected chi connectivity index (χ4v) is 3.49. The molecule has 0 saturated heterocycles. The van der Waals surface area contributed by atoms with E-state index in [1.807, 2.05) is 94.4 Å². The van der Waals surface area contributed by atoms with E-state index in [4.69, 9.17) is 10.2 Å². The number of aromatic nitrogens is 2. The molecule has 1 atom stereocenters. The van der Waals surface area contributed by atoms with Gasteiger partial charge in [-0.05, 0) is 70.3 Å². The molecule has 0 aliphatic carbocycles. The highest BCUT2D eigenvalue weighted by Crippen LogP contribution is 2.26. The van der Waals surface area contributed by atoms with Crippen molar-refractivity contribution in [2.75, 3.05) is 33.4 Å². The minimum Gasteiger partial charge on any atom is -0.419 e. The van der Waals surface area contributed by atoms with Gasteiger partial charge in [-0.25, -0.2) is 0 Å². The molecule has 0 unspecified atom stereocenters. The molecular formula is C29H47N5O2S. The maximum Gasteiger partial charge on any atom is 0.253 e. The van der Waals surface area contributed by atoms with E-state index in [2.05, 4.69) is 42.0 Å². The lowest BCUT2D eigenvalue weighted by Crippen LogP contribution is -2.35. The van der Waals surface area contributed by atoms with E-state index in [0.29, 0.717) is 29.3 Å². The number of thiol groups is 1. The van der Waals surface area contributed by atoms with Gasteiger partial charge in [-0.2, -0.15) is 12.6 Å². The summed E-state index contributed by atoms with van der Waals surface area (Å²) in [7, 11) is 3.75. The van der Waals surface area contributed by atoms with Crippen LogP contribution in [-0.2, 0) is 12.0 Å². The zero-order chi connectivity index (χ0) is 28.3. The summed E-state index contributed by atoms with van der Waals surface area (Å²) in [5.74, 6) is 0.756. The van der Waals surface area contributed by atoms with Gasteiger partial charge in [-0.15, -0.1) is 10.2 Å². The molecule has 0 fully saturated rings. The molecule has 0 spiro atoms.